The highest BCUT2D eigenvalue weighted by atomic mass is 16.5. The molecule has 0 amide bonds. The smallest absolute Gasteiger partial charge is 0.323 e. The maximum Gasteiger partial charge on any atom is 0.323 e. The summed E-state index contributed by atoms with van der Waals surface area (Å²) in [6, 6.07) is 0. The van der Waals surface area contributed by atoms with Crippen LogP contribution in [0.5, 0.6) is 0 Å². The van der Waals surface area contributed by atoms with Gasteiger partial charge in [0.15, 0.2) is 5.78 Å². The molecule has 1 fully saturated rings. The van der Waals surface area contributed by atoms with E-state index in [1.54, 1.807) is 0 Å². The van der Waals surface area contributed by atoms with E-state index in [1.165, 1.54) is 14.0 Å². The molecule has 90 valence electrons. The minimum Gasteiger partial charge on any atom is -0.468 e. The molecule has 0 saturated heterocycles. The van der Waals surface area contributed by atoms with E-state index in [-0.39, 0.29) is 11.7 Å². The predicted octanol–water partition coefficient (Wildman–Crippen LogP) is 2.50. The first-order chi connectivity index (χ1) is 7.50. The molecular formula is C13H20O3. The second kappa shape index (κ2) is 4.81. The summed E-state index contributed by atoms with van der Waals surface area (Å²) < 4.78 is 4.78. The Morgan fingerprint density at radius 2 is 2.19 bits per heavy atom. The molecule has 1 aliphatic rings. The van der Waals surface area contributed by atoms with Gasteiger partial charge in [0.2, 0.25) is 0 Å². The van der Waals surface area contributed by atoms with Crippen molar-refractivity contribution in [3.05, 3.63) is 12.2 Å². The number of carbonyl (C=O) groups excluding carboxylic acids is 2. The molecule has 0 heterocycles. The van der Waals surface area contributed by atoms with Gasteiger partial charge in [-0.3, -0.25) is 9.59 Å². The highest BCUT2D eigenvalue weighted by Crippen LogP contribution is 2.48. The van der Waals surface area contributed by atoms with Crippen molar-refractivity contribution in [3.8, 4) is 0 Å². The van der Waals surface area contributed by atoms with Crippen molar-refractivity contribution in [2.75, 3.05) is 7.11 Å². The number of ketones is 1. The maximum absolute atomic E-state index is 11.8. The van der Waals surface area contributed by atoms with Gasteiger partial charge < -0.3 is 4.74 Å². The predicted molar refractivity (Wildman–Crippen MR) is 61.9 cm³/mol. The number of carbonyl (C=O) groups is 2. The Balaban J connectivity index is 3.02. The summed E-state index contributed by atoms with van der Waals surface area (Å²) in [5.41, 5.74) is -0.303. The lowest BCUT2D eigenvalue weighted by atomic mass is 9.77. The number of esters is 1. The van der Waals surface area contributed by atoms with E-state index in [0.29, 0.717) is 6.42 Å². The second-order valence-corrected chi connectivity index (χ2v) is 4.50. The van der Waals surface area contributed by atoms with Gasteiger partial charge in [0, 0.05) is 0 Å². The van der Waals surface area contributed by atoms with Gasteiger partial charge in [-0.1, -0.05) is 19.9 Å². The fraction of sp³-hybridized carbons (Fsp3) is 0.692. The molecule has 0 spiro atoms. The first-order valence-electron chi connectivity index (χ1n) is 5.79. The van der Waals surface area contributed by atoms with Crippen LogP contribution in [-0.4, -0.2) is 18.9 Å². The van der Waals surface area contributed by atoms with Crippen molar-refractivity contribution in [2.24, 2.45) is 11.3 Å². The van der Waals surface area contributed by atoms with E-state index in [2.05, 4.69) is 13.5 Å². The van der Waals surface area contributed by atoms with Crippen LogP contribution in [0, 0.1) is 11.3 Å². The third kappa shape index (κ3) is 1.79. The molecule has 0 aromatic heterocycles. The van der Waals surface area contributed by atoms with E-state index in [4.69, 9.17) is 4.74 Å². The number of hydrogen-bond acceptors (Lipinski definition) is 3. The molecule has 0 aliphatic heterocycles. The van der Waals surface area contributed by atoms with Crippen LogP contribution in [0.3, 0.4) is 0 Å². The summed E-state index contributed by atoms with van der Waals surface area (Å²) in [5, 5.41) is 0. The number of ether oxygens (including phenoxy) is 1. The SMILES string of the molecule is C=C1[C@@H](CCC)CC[C@@]1(C(C)=O)C(=O)OC. The van der Waals surface area contributed by atoms with Crippen LogP contribution in [-0.2, 0) is 14.3 Å². The monoisotopic (exact) mass is 224 g/mol. The highest BCUT2D eigenvalue weighted by molar-refractivity contribution is 6.06. The van der Waals surface area contributed by atoms with E-state index >= 15 is 0 Å². The molecule has 0 aromatic rings. The van der Waals surface area contributed by atoms with Gasteiger partial charge in [-0.2, -0.15) is 0 Å². The molecule has 16 heavy (non-hydrogen) atoms. The van der Waals surface area contributed by atoms with Gasteiger partial charge in [0.05, 0.1) is 7.11 Å². The highest BCUT2D eigenvalue weighted by Gasteiger charge is 2.52. The Labute approximate surface area is 96.9 Å². The number of Topliss-reactive ketones (excluding diaryl/α,β-unsaturated/α-hetero) is 1. The molecule has 0 bridgehead atoms. The number of rotatable bonds is 4. The molecule has 1 rings (SSSR count). The minimum atomic E-state index is -1.06. The molecule has 1 saturated carbocycles. The Kier molecular flexibility index (Phi) is 3.89. The molecule has 3 heteroatoms. The lowest BCUT2D eigenvalue weighted by molar-refractivity contribution is -0.154. The Morgan fingerprint density at radius 3 is 2.62 bits per heavy atom. The Hall–Kier alpha value is -1.12. The molecule has 2 atom stereocenters. The van der Waals surface area contributed by atoms with Gasteiger partial charge in [-0.25, -0.2) is 0 Å². The zero-order chi connectivity index (χ0) is 12.3. The topological polar surface area (TPSA) is 43.4 Å². The minimum absolute atomic E-state index is 0.136. The first-order valence-corrected chi connectivity index (χ1v) is 5.79. The average Bonchev–Trinajstić information content (AvgIpc) is 2.57. The van der Waals surface area contributed by atoms with Crippen LogP contribution in [0.1, 0.15) is 39.5 Å². The van der Waals surface area contributed by atoms with Crippen molar-refractivity contribution in [1.82, 2.24) is 0 Å². The summed E-state index contributed by atoms with van der Waals surface area (Å²) in [6.07, 6.45) is 3.45. The first kappa shape index (κ1) is 12.9. The summed E-state index contributed by atoms with van der Waals surface area (Å²) in [5.74, 6) is -0.292. The molecule has 0 N–H and O–H groups in total. The molecule has 0 radical (unpaired) electrons. The molecule has 0 unspecified atom stereocenters. The summed E-state index contributed by atoms with van der Waals surface area (Å²) >= 11 is 0. The quantitative estimate of drug-likeness (QED) is 0.418. The van der Waals surface area contributed by atoms with Gasteiger partial charge in [0.1, 0.15) is 5.41 Å². The molecular weight excluding hydrogens is 204 g/mol. The Morgan fingerprint density at radius 1 is 1.56 bits per heavy atom. The van der Waals surface area contributed by atoms with Crippen LogP contribution in [0.4, 0.5) is 0 Å². The number of hydrogen-bond donors (Lipinski definition) is 0. The van der Waals surface area contributed by atoms with Crippen LogP contribution >= 0.6 is 0 Å². The van der Waals surface area contributed by atoms with E-state index in [1.807, 2.05) is 0 Å². The zero-order valence-corrected chi connectivity index (χ0v) is 10.3. The summed E-state index contributed by atoms with van der Waals surface area (Å²) in [6.45, 7) is 7.53. The van der Waals surface area contributed by atoms with Crippen LogP contribution in [0.2, 0.25) is 0 Å². The lowest BCUT2D eigenvalue weighted by Gasteiger charge is -2.25. The van der Waals surface area contributed by atoms with E-state index < -0.39 is 11.4 Å². The summed E-state index contributed by atoms with van der Waals surface area (Å²) in [4.78, 5) is 23.6. The molecule has 1 aliphatic carbocycles. The van der Waals surface area contributed by atoms with Crippen molar-refractivity contribution in [1.29, 1.82) is 0 Å². The largest absolute Gasteiger partial charge is 0.468 e. The van der Waals surface area contributed by atoms with Crippen LogP contribution < -0.4 is 0 Å². The Bertz CT molecular complexity index is 319. The van der Waals surface area contributed by atoms with Gasteiger partial charge in [-0.15, -0.1) is 0 Å². The fourth-order valence-electron chi connectivity index (χ4n) is 2.69. The second-order valence-electron chi connectivity index (χ2n) is 4.50. The normalized spacial score (nSPS) is 29.2. The fourth-order valence-corrected chi connectivity index (χ4v) is 2.69. The van der Waals surface area contributed by atoms with Gasteiger partial charge in [-0.05, 0) is 37.7 Å². The molecule has 3 nitrogen and oxygen atoms in total. The maximum atomic E-state index is 11.8. The van der Waals surface area contributed by atoms with E-state index in [9.17, 15) is 9.59 Å². The van der Waals surface area contributed by atoms with Gasteiger partial charge >= 0.3 is 5.97 Å². The molecule has 0 aromatic carbocycles. The summed E-state index contributed by atoms with van der Waals surface area (Å²) in [7, 11) is 1.33. The van der Waals surface area contributed by atoms with Crippen LogP contribution in [0.25, 0.3) is 0 Å². The van der Waals surface area contributed by atoms with Crippen molar-refractivity contribution >= 4 is 11.8 Å². The number of methoxy groups -OCH3 is 1. The van der Waals surface area contributed by atoms with Crippen LogP contribution in [0.15, 0.2) is 12.2 Å². The third-order valence-electron chi connectivity index (χ3n) is 3.68. The third-order valence-corrected chi connectivity index (χ3v) is 3.68. The van der Waals surface area contributed by atoms with Crippen molar-refractivity contribution in [2.45, 2.75) is 39.5 Å². The van der Waals surface area contributed by atoms with Crippen molar-refractivity contribution < 1.29 is 14.3 Å². The average molecular weight is 224 g/mol. The lowest BCUT2D eigenvalue weighted by Crippen LogP contribution is -2.38. The van der Waals surface area contributed by atoms with Crippen molar-refractivity contribution in [3.63, 3.8) is 0 Å². The standard InChI is InChI=1S/C13H20O3/c1-5-6-11-7-8-13(9(11)2,10(3)14)12(15)16-4/h11H,2,5-8H2,1,3-4H3/t11-,13+/m0/s1. The zero-order valence-electron chi connectivity index (χ0n) is 10.3. The van der Waals surface area contributed by atoms with E-state index in [0.717, 1.165) is 24.8 Å². The van der Waals surface area contributed by atoms with Gasteiger partial charge in [0.25, 0.3) is 0 Å².